The van der Waals surface area contributed by atoms with Crippen molar-refractivity contribution < 1.29 is 17.2 Å². The third kappa shape index (κ3) is 3.28. The van der Waals surface area contributed by atoms with E-state index in [9.17, 15) is 12.8 Å². The minimum Gasteiger partial charge on any atom is -0.420 e. The molecule has 1 atom stereocenters. The van der Waals surface area contributed by atoms with Crippen LogP contribution in [0.25, 0.3) is 11.5 Å². The minimum atomic E-state index is -3.23. The number of hydrogen-bond donors (Lipinski definition) is 0. The molecule has 8 heteroatoms. The summed E-state index contributed by atoms with van der Waals surface area (Å²) in [4.78, 5) is 0. The smallest absolute Gasteiger partial charge is 0.250 e. The van der Waals surface area contributed by atoms with Gasteiger partial charge in [0.15, 0.2) is 0 Å². The number of piperidine rings is 1. The molecule has 3 rings (SSSR count). The van der Waals surface area contributed by atoms with Gasteiger partial charge in [-0.15, -0.1) is 10.2 Å². The first kappa shape index (κ1) is 16.1. The lowest BCUT2D eigenvalue weighted by molar-refractivity contribution is 0.286. The summed E-state index contributed by atoms with van der Waals surface area (Å²) in [5, 5.41) is 7.90. The van der Waals surface area contributed by atoms with Crippen LogP contribution < -0.4 is 0 Å². The first-order chi connectivity index (χ1) is 11.0. The van der Waals surface area contributed by atoms with Crippen molar-refractivity contribution in [1.29, 1.82) is 0 Å². The highest BCUT2D eigenvalue weighted by molar-refractivity contribution is 7.89. The molecule has 0 radical (unpaired) electrons. The zero-order valence-electron chi connectivity index (χ0n) is 12.8. The quantitative estimate of drug-likeness (QED) is 0.855. The van der Waals surface area contributed by atoms with Gasteiger partial charge in [0, 0.05) is 13.1 Å². The molecule has 0 bridgehead atoms. The summed E-state index contributed by atoms with van der Waals surface area (Å²) < 4.78 is 44.9. The Morgan fingerprint density at radius 2 is 2.13 bits per heavy atom. The fourth-order valence-corrected chi connectivity index (χ4v) is 3.90. The van der Waals surface area contributed by atoms with E-state index in [-0.39, 0.29) is 23.1 Å². The van der Waals surface area contributed by atoms with E-state index < -0.39 is 15.8 Å². The maximum atomic E-state index is 13.8. The van der Waals surface area contributed by atoms with Crippen molar-refractivity contribution in [2.45, 2.75) is 25.7 Å². The largest absolute Gasteiger partial charge is 0.420 e. The van der Waals surface area contributed by atoms with Gasteiger partial charge in [0.25, 0.3) is 5.89 Å². The molecular weight excluding hydrogens is 321 g/mol. The fourth-order valence-electron chi connectivity index (χ4n) is 2.72. The minimum absolute atomic E-state index is 0.0734. The molecule has 1 aliphatic rings. The predicted octanol–water partition coefficient (Wildman–Crippen LogP) is 2.40. The van der Waals surface area contributed by atoms with Crippen LogP contribution in [0.3, 0.4) is 0 Å². The van der Waals surface area contributed by atoms with Crippen LogP contribution in [0.5, 0.6) is 0 Å². The second kappa shape index (κ2) is 6.37. The number of rotatable bonds is 4. The third-order valence-corrected chi connectivity index (χ3v) is 5.88. The predicted molar refractivity (Wildman–Crippen MR) is 82.7 cm³/mol. The topological polar surface area (TPSA) is 76.3 Å². The number of aromatic nitrogens is 2. The van der Waals surface area contributed by atoms with Crippen molar-refractivity contribution in [3.63, 3.8) is 0 Å². The monoisotopic (exact) mass is 339 g/mol. The van der Waals surface area contributed by atoms with E-state index in [0.717, 1.165) is 12.8 Å². The van der Waals surface area contributed by atoms with E-state index in [2.05, 4.69) is 10.2 Å². The number of sulfonamides is 1. The molecule has 2 heterocycles. The molecular formula is C15H18FN3O3S. The molecule has 2 aromatic rings. The SMILES string of the molecule is CCS(=O)(=O)N1CCC[C@@H](c2nnc(-c3ccccc3F)o2)C1. The summed E-state index contributed by atoms with van der Waals surface area (Å²) in [6, 6.07) is 6.18. The zero-order chi connectivity index (χ0) is 16.4. The Kier molecular flexibility index (Phi) is 4.45. The maximum Gasteiger partial charge on any atom is 0.250 e. The van der Waals surface area contributed by atoms with Gasteiger partial charge in [0.2, 0.25) is 15.9 Å². The third-order valence-electron chi connectivity index (χ3n) is 4.04. The van der Waals surface area contributed by atoms with E-state index in [1.165, 1.54) is 10.4 Å². The first-order valence-corrected chi connectivity index (χ1v) is 9.18. The highest BCUT2D eigenvalue weighted by Crippen LogP contribution is 2.30. The van der Waals surface area contributed by atoms with Crippen LogP contribution in [-0.4, -0.2) is 41.8 Å². The molecule has 23 heavy (non-hydrogen) atoms. The van der Waals surface area contributed by atoms with Gasteiger partial charge in [-0.1, -0.05) is 12.1 Å². The van der Waals surface area contributed by atoms with Gasteiger partial charge in [-0.25, -0.2) is 17.1 Å². The summed E-state index contributed by atoms with van der Waals surface area (Å²) in [5.41, 5.74) is 0.250. The Hall–Kier alpha value is -1.80. The Morgan fingerprint density at radius 3 is 2.87 bits per heavy atom. The lowest BCUT2D eigenvalue weighted by Crippen LogP contribution is -2.39. The lowest BCUT2D eigenvalue weighted by atomic mass is 10.00. The van der Waals surface area contributed by atoms with Crippen molar-refractivity contribution in [3.8, 4) is 11.5 Å². The Balaban J connectivity index is 1.82. The van der Waals surface area contributed by atoms with E-state index in [1.54, 1.807) is 25.1 Å². The molecule has 0 spiro atoms. The Labute approximate surface area is 134 Å². The molecule has 0 amide bonds. The first-order valence-electron chi connectivity index (χ1n) is 7.57. The van der Waals surface area contributed by atoms with Crippen molar-refractivity contribution in [2.75, 3.05) is 18.8 Å². The number of benzene rings is 1. The van der Waals surface area contributed by atoms with Crippen LogP contribution in [0.1, 0.15) is 31.6 Å². The highest BCUT2D eigenvalue weighted by Gasteiger charge is 2.31. The lowest BCUT2D eigenvalue weighted by Gasteiger charge is -2.29. The molecule has 0 N–H and O–H groups in total. The van der Waals surface area contributed by atoms with E-state index >= 15 is 0 Å². The van der Waals surface area contributed by atoms with Crippen LogP contribution in [0.15, 0.2) is 28.7 Å². The normalized spacial score (nSPS) is 19.8. The van der Waals surface area contributed by atoms with Gasteiger partial charge in [-0.3, -0.25) is 0 Å². The van der Waals surface area contributed by atoms with Crippen molar-refractivity contribution in [1.82, 2.24) is 14.5 Å². The molecule has 1 aromatic carbocycles. The Morgan fingerprint density at radius 1 is 1.35 bits per heavy atom. The molecule has 1 saturated heterocycles. The van der Waals surface area contributed by atoms with Crippen LogP contribution >= 0.6 is 0 Å². The molecule has 6 nitrogen and oxygen atoms in total. The second-order valence-corrected chi connectivity index (χ2v) is 7.78. The standard InChI is InChI=1S/C15H18FN3O3S/c1-2-23(20,21)19-9-5-6-11(10-19)14-17-18-15(22-14)12-7-3-4-8-13(12)16/h3-4,7-8,11H,2,5-6,9-10H2,1H3/t11-/m1/s1. The van der Waals surface area contributed by atoms with Gasteiger partial charge in [-0.05, 0) is 31.9 Å². The summed E-state index contributed by atoms with van der Waals surface area (Å²) >= 11 is 0. The molecule has 1 fully saturated rings. The van der Waals surface area contributed by atoms with Gasteiger partial charge in [0.1, 0.15) is 5.82 Å². The number of halogens is 1. The summed E-state index contributed by atoms with van der Waals surface area (Å²) in [7, 11) is -3.23. The number of nitrogens with zero attached hydrogens (tertiary/aromatic N) is 3. The van der Waals surface area contributed by atoms with Crippen LogP contribution in [0.2, 0.25) is 0 Å². The molecule has 1 aliphatic heterocycles. The van der Waals surface area contributed by atoms with Crippen LogP contribution in [-0.2, 0) is 10.0 Å². The van der Waals surface area contributed by atoms with Gasteiger partial charge >= 0.3 is 0 Å². The van der Waals surface area contributed by atoms with Crippen molar-refractivity contribution >= 4 is 10.0 Å². The van der Waals surface area contributed by atoms with Crippen molar-refractivity contribution in [3.05, 3.63) is 36.0 Å². The number of hydrogen-bond acceptors (Lipinski definition) is 5. The maximum absolute atomic E-state index is 13.8. The second-order valence-electron chi connectivity index (χ2n) is 5.52. The summed E-state index contributed by atoms with van der Waals surface area (Å²) in [6.07, 6.45) is 1.51. The average Bonchev–Trinajstić information content (AvgIpc) is 3.05. The highest BCUT2D eigenvalue weighted by atomic mass is 32.2. The molecule has 124 valence electrons. The summed E-state index contributed by atoms with van der Waals surface area (Å²) in [5.74, 6) is -0.0308. The van der Waals surface area contributed by atoms with Gasteiger partial charge < -0.3 is 4.42 Å². The van der Waals surface area contributed by atoms with Gasteiger partial charge in [-0.2, -0.15) is 0 Å². The van der Waals surface area contributed by atoms with Crippen LogP contribution in [0, 0.1) is 5.82 Å². The zero-order valence-corrected chi connectivity index (χ0v) is 13.6. The Bertz CT molecular complexity index is 791. The van der Waals surface area contributed by atoms with E-state index in [4.69, 9.17) is 4.42 Å². The van der Waals surface area contributed by atoms with Crippen molar-refractivity contribution in [2.24, 2.45) is 0 Å². The van der Waals surface area contributed by atoms with E-state index in [0.29, 0.717) is 19.0 Å². The summed E-state index contributed by atoms with van der Waals surface area (Å²) in [6.45, 7) is 2.47. The fraction of sp³-hybridized carbons (Fsp3) is 0.467. The average molecular weight is 339 g/mol. The molecule has 0 unspecified atom stereocenters. The molecule has 1 aromatic heterocycles. The molecule has 0 saturated carbocycles. The van der Waals surface area contributed by atoms with Crippen LogP contribution in [0.4, 0.5) is 4.39 Å². The van der Waals surface area contributed by atoms with E-state index in [1.807, 2.05) is 0 Å². The molecule has 0 aliphatic carbocycles. The van der Waals surface area contributed by atoms with Gasteiger partial charge in [0.05, 0.1) is 17.2 Å².